The number of rotatable bonds is 8. The van der Waals surface area contributed by atoms with Crippen LogP contribution in [-0.4, -0.2) is 60.5 Å². The Balaban J connectivity index is 1.59. The Morgan fingerprint density at radius 1 is 1.57 bits per heavy atom. The maximum Gasteiger partial charge on any atom is 0.220 e. The molecule has 6 heteroatoms. The van der Waals surface area contributed by atoms with Crippen LogP contribution in [0.4, 0.5) is 0 Å². The van der Waals surface area contributed by atoms with Gasteiger partial charge in [-0.1, -0.05) is 0 Å². The van der Waals surface area contributed by atoms with Gasteiger partial charge < -0.3 is 15.0 Å². The number of likely N-dealkylation sites (tertiary alicyclic amines) is 1. The number of nitrogens with zero attached hydrogens (tertiary/aromatic N) is 3. The Morgan fingerprint density at radius 3 is 3.14 bits per heavy atom. The SMILES string of the molecule is COCCN1CC[C@@H](CNC(=O)CCc2cnn(C)c2)C1. The van der Waals surface area contributed by atoms with Gasteiger partial charge in [0.1, 0.15) is 0 Å². The average molecular weight is 294 g/mol. The number of nitrogens with one attached hydrogen (secondary N) is 1. The maximum absolute atomic E-state index is 11.9. The van der Waals surface area contributed by atoms with Gasteiger partial charge in [0.2, 0.25) is 5.91 Å². The van der Waals surface area contributed by atoms with Crippen LogP contribution in [0.5, 0.6) is 0 Å². The molecule has 0 saturated carbocycles. The summed E-state index contributed by atoms with van der Waals surface area (Å²) in [6.07, 6.45) is 6.22. The zero-order valence-corrected chi connectivity index (χ0v) is 13.0. The van der Waals surface area contributed by atoms with E-state index in [0.717, 1.165) is 51.2 Å². The lowest BCUT2D eigenvalue weighted by Gasteiger charge is -2.15. The molecule has 2 rings (SSSR count). The summed E-state index contributed by atoms with van der Waals surface area (Å²) < 4.78 is 6.86. The van der Waals surface area contributed by atoms with Crippen molar-refractivity contribution in [2.45, 2.75) is 19.3 Å². The van der Waals surface area contributed by atoms with E-state index in [9.17, 15) is 4.79 Å². The molecule has 6 nitrogen and oxygen atoms in total. The number of carbonyl (C=O) groups is 1. The maximum atomic E-state index is 11.9. The molecule has 1 fully saturated rings. The van der Waals surface area contributed by atoms with Crippen molar-refractivity contribution in [1.29, 1.82) is 0 Å². The largest absolute Gasteiger partial charge is 0.383 e. The highest BCUT2D eigenvalue weighted by Gasteiger charge is 2.22. The van der Waals surface area contributed by atoms with E-state index in [1.165, 1.54) is 0 Å². The zero-order valence-electron chi connectivity index (χ0n) is 13.0. The minimum atomic E-state index is 0.134. The van der Waals surface area contributed by atoms with E-state index < -0.39 is 0 Å². The van der Waals surface area contributed by atoms with Crippen molar-refractivity contribution in [1.82, 2.24) is 20.0 Å². The van der Waals surface area contributed by atoms with E-state index in [1.54, 1.807) is 11.8 Å². The molecular weight excluding hydrogens is 268 g/mol. The van der Waals surface area contributed by atoms with Crippen molar-refractivity contribution in [3.05, 3.63) is 18.0 Å². The third-order valence-corrected chi connectivity index (χ3v) is 3.97. The molecule has 0 aliphatic carbocycles. The van der Waals surface area contributed by atoms with Gasteiger partial charge in [0.05, 0.1) is 12.8 Å². The summed E-state index contributed by atoms with van der Waals surface area (Å²) in [5.41, 5.74) is 1.11. The molecule has 0 bridgehead atoms. The van der Waals surface area contributed by atoms with Crippen LogP contribution in [0.3, 0.4) is 0 Å². The van der Waals surface area contributed by atoms with Crippen LogP contribution in [-0.2, 0) is 23.0 Å². The summed E-state index contributed by atoms with van der Waals surface area (Å²) in [4.78, 5) is 14.3. The van der Waals surface area contributed by atoms with Gasteiger partial charge in [-0.25, -0.2) is 0 Å². The fraction of sp³-hybridized carbons (Fsp3) is 0.733. The van der Waals surface area contributed by atoms with E-state index >= 15 is 0 Å². The first-order chi connectivity index (χ1) is 10.2. The number of aryl methyl sites for hydroxylation is 2. The summed E-state index contributed by atoms with van der Waals surface area (Å²) in [7, 11) is 3.62. The first-order valence-corrected chi connectivity index (χ1v) is 7.63. The van der Waals surface area contributed by atoms with E-state index in [4.69, 9.17) is 4.74 Å². The van der Waals surface area contributed by atoms with Crippen LogP contribution >= 0.6 is 0 Å². The van der Waals surface area contributed by atoms with Crippen molar-refractivity contribution in [2.75, 3.05) is 39.9 Å². The molecule has 1 aromatic heterocycles. The molecule has 1 saturated heterocycles. The number of ether oxygens (including phenoxy) is 1. The van der Waals surface area contributed by atoms with Crippen LogP contribution in [0.1, 0.15) is 18.4 Å². The Hall–Kier alpha value is -1.40. The smallest absolute Gasteiger partial charge is 0.220 e. The van der Waals surface area contributed by atoms with E-state index in [2.05, 4.69) is 15.3 Å². The normalized spacial score (nSPS) is 19.0. The van der Waals surface area contributed by atoms with Crippen molar-refractivity contribution < 1.29 is 9.53 Å². The molecule has 1 atom stereocenters. The van der Waals surface area contributed by atoms with E-state index in [1.807, 2.05) is 19.4 Å². The van der Waals surface area contributed by atoms with Gasteiger partial charge in [0.15, 0.2) is 0 Å². The highest BCUT2D eigenvalue weighted by Crippen LogP contribution is 2.14. The van der Waals surface area contributed by atoms with Gasteiger partial charge in [0.25, 0.3) is 0 Å². The van der Waals surface area contributed by atoms with Crippen molar-refractivity contribution >= 4 is 5.91 Å². The molecule has 1 aliphatic rings. The first kappa shape index (κ1) is 16.0. The average Bonchev–Trinajstić information content (AvgIpc) is 3.09. The third kappa shape index (κ3) is 5.47. The van der Waals surface area contributed by atoms with Gasteiger partial charge >= 0.3 is 0 Å². The third-order valence-electron chi connectivity index (χ3n) is 3.97. The second-order valence-electron chi connectivity index (χ2n) is 5.77. The fourth-order valence-electron chi connectivity index (χ4n) is 2.71. The predicted octanol–water partition coefficient (Wildman–Crippen LogP) is 0.437. The summed E-state index contributed by atoms with van der Waals surface area (Å²) >= 11 is 0. The molecule has 0 spiro atoms. The molecule has 118 valence electrons. The molecule has 1 amide bonds. The lowest BCUT2D eigenvalue weighted by atomic mass is 10.1. The minimum absolute atomic E-state index is 0.134. The Morgan fingerprint density at radius 2 is 2.43 bits per heavy atom. The Bertz CT molecular complexity index is 447. The van der Waals surface area contributed by atoms with Gasteiger partial charge in [-0.2, -0.15) is 5.10 Å². The first-order valence-electron chi connectivity index (χ1n) is 7.63. The molecule has 1 aliphatic heterocycles. The summed E-state index contributed by atoms with van der Waals surface area (Å²) in [5, 5.41) is 7.16. The highest BCUT2D eigenvalue weighted by atomic mass is 16.5. The molecule has 0 radical (unpaired) electrons. The van der Waals surface area contributed by atoms with Crippen LogP contribution in [0.15, 0.2) is 12.4 Å². The summed E-state index contributed by atoms with van der Waals surface area (Å²) in [5.74, 6) is 0.707. The van der Waals surface area contributed by atoms with Crippen LogP contribution in [0, 0.1) is 5.92 Å². The summed E-state index contributed by atoms with van der Waals surface area (Å²) in [6.45, 7) is 4.73. The fourth-order valence-corrected chi connectivity index (χ4v) is 2.71. The van der Waals surface area contributed by atoms with Crippen molar-refractivity contribution in [3.63, 3.8) is 0 Å². The van der Waals surface area contributed by atoms with Crippen molar-refractivity contribution in [2.24, 2.45) is 13.0 Å². The molecule has 0 aromatic carbocycles. The van der Waals surface area contributed by atoms with Gasteiger partial charge in [-0.15, -0.1) is 0 Å². The lowest BCUT2D eigenvalue weighted by Crippen LogP contribution is -2.31. The number of carbonyl (C=O) groups excluding carboxylic acids is 1. The zero-order chi connectivity index (χ0) is 15.1. The second-order valence-corrected chi connectivity index (χ2v) is 5.77. The number of methoxy groups -OCH3 is 1. The number of aromatic nitrogens is 2. The predicted molar refractivity (Wildman–Crippen MR) is 81.0 cm³/mol. The van der Waals surface area contributed by atoms with Crippen LogP contribution < -0.4 is 5.32 Å². The van der Waals surface area contributed by atoms with Gasteiger partial charge in [0, 0.05) is 46.4 Å². The van der Waals surface area contributed by atoms with E-state index in [0.29, 0.717) is 12.3 Å². The molecule has 2 heterocycles. The van der Waals surface area contributed by atoms with E-state index in [-0.39, 0.29) is 5.91 Å². The molecule has 21 heavy (non-hydrogen) atoms. The monoisotopic (exact) mass is 294 g/mol. The Labute approximate surface area is 126 Å². The van der Waals surface area contributed by atoms with Crippen molar-refractivity contribution in [3.8, 4) is 0 Å². The molecular formula is C15H26N4O2. The highest BCUT2D eigenvalue weighted by molar-refractivity contribution is 5.76. The number of hydrogen-bond donors (Lipinski definition) is 1. The lowest BCUT2D eigenvalue weighted by molar-refractivity contribution is -0.121. The van der Waals surface area contributed by atoms with Crippen LogP contribution in [0.2, 0.25) is 0 Å². The Kier molecular flexibility index (Phi) is 6.20. The molecule has 1 N–H and O–H groups in total. The topological polar surface area (TPSA) is 59.4 Å². The van der Waals surface area contributed by atoms with Crippen LogP contribution in [0.25, 0.3) is 0 Å². The number of hydrogen-bond acceptors (Lipinski definition) is 4. The second kappa shape index (κ2) is 8.14. The van der Waals surface area contributed by atoms with Gasteiger partial charge in [-0.3, -0.25) is 9.48 Å². The number of amides is 1. The summed E-state index contributed by atoms with van der Waals surface area (Å²) in [6, 6.07) is 0. The standard InChI is InChI=1S/C15H26N4O2/c1-18-11-13(10-17-18)3-4-15(20)16-9-14-5-6-19(12-14)7-8-21-2/h10-11,14H,3-9,12H2,1-2H3,(H,16,20)/t14-/m0/s1. The quantitative estimate of drug-likeness (QED) is 0.756. The molecule has 0 unspecified atom stereocenters. The molecule has 1 aromatic rings. The van der Waals surface area contributed by atoms with Gasteiger partial charge in [-0.05, 0) is 30.9 Å². The minimum Gasteiger partial charge on any atom is -0.383 e.